The van der Waals surface area contributed by atoms with E-state index in [0.29, 0.717) is 6.54 Å². The molecule has 3 N–H and O–H groups in total. The molecule has 0 radical (unpaired) electrons. The van der Waals surface area contributed by atoms with Crippen LogP contribution in [0.1, 0.15) is 16.7 Å². The molecule has 1 fully saturated rings. The molecule has 1 saturated heterocycles. The Balaban J connectivity index is 1.41. The highest BCUT2D eigenvalue weighted by atomic mass is 16.3. The minimum Gasteiger partial charge on any atom is -0.390 e. The zero-order chi connectivity index (χ0) is 18.4. The minimum absolute atomic E-state index is 0.219. The fourth-order valence-corrected chi connectivity index (χ4v) is 3.50. The number of rotatable bonds is 7. The molecular weight excluding hydrogens is 322 g/mol. The highest BCUT2D eigenvalue weighted by molar-refractivity contribution is 5.21. The first-order chi connectivity index (χ1) is 12.6. The fourth-order valence-electron chi connectivity index (χ4n) is 3.50. The van der Waals surface area contributed by atoms with Gasteiger partial charge in [-0.1, -0.05) is 60.2 Å². The molecule has 0 aliphatic carbocycles. The van der Waals surface area contributed by atoms with Crippen LogP contribution in [-0.2, 0) is 13.0 Å². The lowest BCUT2D eigenvalue weighted by atomic mass is 10.0. The molecule has 0 spiro atoms. The van der Waals surface area contributed by atoms with Crippen LogP contribution in [0.2, 0.25) is 0 Å². The van der Waals surface area contributed by atoms with Gasteiger partial charge in [0.25, 0.3) is 0 Å². The lowest BCUT2D eigenvalue weighted by Gasteiger charge is -2.36. The van der Waals surface area contributed by atoms with Gasteiger partial charge >= 0.3 is 0 Å². The Kier molecular flexibility index (Phi) is 6.80. The summed E-state index contributed by atoms with van der Waals surface area (Å²) in [5.74, 6) is 0. The number of aliphatic hydroxyl groups is 1. The van der Waals surface area contributed by atoms with Crippen LogP contribution in [0.4, 0.5) is 0 Å². The van der Waals surface area contributed by atoms with E-state index in [1.807, 2.05) is 18.2 Å². The number of β-amino-alcohol motifs (C(OH)–C–C–N with tert-alkyl or cyclic N) is 1. The maximum atomic E-state index is 10.5. The van der Waals surface area contributed by atoms with Gasteiger partial charge in [0.15, 0.2) is 0 Å². The second-order valence-electron chi connectivity index (χ2n) is 7.48. The Hall–Kier alpha value is -1.72. The van der Waals surface area contributed by atoms with Crippen molar-refractivity contribution in [1.29, 1.82) is 0 Å². The van der Waals surface area contributed by atoms with Gasteiger partial charge in [0.05, 0.1) is 6.10 Å². The summed E-state index contributed by atoms with van der Waals surface area (Å²) in [6.45, 7) is 7.83. The molecule has 2 aromatic carbocycles. The monoisotopic (exact) mass is 353 g/mol. The van der Waals surface area contributed by atoms with Gasteiger partial charge in [-0.25, -0.2) is 0 Å². The molecule has 3 rings (SSSR count). The van der Waals surface area contributed by atoms with Crippen LogP contribution in [0, 0.1) is 6.92 Å². The maximum absolute atomic E-state index is 10.5. The molecule has 0 amide bonds. The van der Waals surface area contributed by atoms with Crippen molar-refractivity contribution in [2.45, 2.75) is 32.0 Å². The van der Waals surface area contributed by atoms with Gasteiger partial charge in [-0.2, -0.15) is 0 Å². The fraction of sp³-hybridized carbons (Fsp3) is 0.455. The van der Waals surface area contributed by atoms with Crippen LogP contribution < -0.4 is 5.73 Å². The van der Waals surface area contributed by atoms with Gasteiger partial charge in [-0.05, 0) is 24.5 Å². The lowest BCUT2D eigenvalue weighted by molar-refractivity contribution is 0.0579. The Morgan fingerprint density at radius 1 is 0.885 bits per heavy atom. The van der Waals surface area contributed by atoms with Crippen molar-refractivity contribution >= 4 is 0 Å². The maximum Gasteiger partial charge on any atom is 0.0820 e. The Morgan fingerprint density at radius 3 is 2.15 bits per heavy atom. The Bertz CT molecular complexity index is 651. The van der Waals surface area contributed by atoms with Crippen LogP contribution in [0.5, 0.6) is 0 Å². The first kappa shape index (κ1) is 19.1. The van der Waals surface area contributed by atoms with Crippen molar-refractivity contribution in [3.05, 3.63) is 71.3 Å². The van der Waals surface area contributed by atoms with Crippen LogP contribution in [0.25, 0.3) is 0 Å². The average molecular weight is 354 g/mol. The Labute approximate surface area is 157 Å². The quantitative estimate of drug-likeness (QED) is 0.800. The molecule has 0 bridgehead atoms. The largest absolute Gasteiger partial charge is 0.390 e. The topological polar surface area (TPSA) is 52.7 Å². The molecular formula is C22H31N3O. The number of hydrogen-bond donors (Lipinski definition) is 2. The second kappa shape index (κ2) is 9.28. The zero-order valence-corrected chi connectivity index (χ0v) is 15.7. The summed E-state index contributed by atoms with van der Waals surface area (Å²) in [6, 6.07) is 18.7. The molecule has 26 heavy (non-hydrogen) atoms. The highest BCUT2D eigenvalue weighted by Gasteiger charge is 2.22. The molecule has 140 valence electrons. The predicted octanol–water partition coefficient (Wildman–Crippen LogP) is 2.04. The van der Waals surface area contributed by atoms with Crippen LogP contribution >= 0.6 is 0 Å². The number of hydrogen-bond acceptors (Lipinski definition) is 4. The van der Waals surface area contributed by atoms with Crippen LogP contribution in [-0.4, -0.2) is 59.8 Å². The first-order valence-electron chi connectivity index (χ1n) is 9.58. The van der Waals surface area contributed by atoms with E-state index in [0.717, 1.165) is 39.1 Å². The second-order valence-corrected chi connectivity index (χ2v) is 7.48. The molecule has 0 saturated carbocycles. The summed E-state index contributed by atoms with van der Waals surface area (Å²) >= 11 is 0. The normalized spacial score (nSPS) is 18.6. The molecule has 1 heterocycles. The summed E-state index contributed by atoms with van der Waals surface area (Å²) in [4.78, 5) is 4.82. The van der Waals surface area contributed by atoms with E-state index in [1.54, 1.807) is 0 Å². The van der Waals surface area contributed by atoms with Crippen molar-refractivity contribution < 1.29 is 5.11 Å². The Morgan fingerprint density at radius 2 is 1.50 bits per heavy atom. The predicted molar refractivity (Wildman–Crippen MR) is 107 cm³/mol. The molecule has 0 unspecified atom stereocenters. The van der Waals surface area contributed by atoms with Gasteiger partial charge in [-0.15, -0.1) is 0 Å². The first-order valence-corrected chi connectivity index (χ1v) is 9.58. The van der Waals surface area contributed by atoms with Gasteiger partial charge < -0.3 is 10.8 Å². The van der Waals surface area contributed by atoms with Crippen molar-refractivity contribution in [3.63, 3.8) is 0 Å². The van der Waals surface area contributed by atoms with Crippen LogP contribution in [0.15, 0.2) is 54.6 Å². The van der Waals surface area contributed by atoms with E-state index in [-0.39, 0.29) is 6.04 Å². The summed E-state index contributed by atoms with van der Waals surface area (Å²) in [5.41, 5.74) is 10.1. The van der Waals surface area contributed by atoms with Crippen LogP contribution in [0.3, 0.4) is 0 Å². The third-order valence-electron chi connectivity index (χ3n) is 5.25. The number of nitrogens with two attached hydrogens (primary N) is 1. The minimum atomic E-state index is -0.487. The molecule has 1 aliphatic heterocycles. The van der Waals surface area contributed by atoms with Crippen molar-refractivity contribution in [2.24, 2.45) is 5.73 Å². The molecule has 4 nitrogen and oxygen atoms in total. The smallest absolute Gasteiger partial charge is 0.0820 e. The standard InChI is InChI=1S/C22H31N3O/c1-18-7-9-20(10-8-18)16-24-11-13-25(14-12-24)17-22(26)21(23)15-19-5-3-2-4-6-19/h2-10,21-22,26H,11-17,23H2,1H3/t21-,22+/m0/s1. The van der Waals surface area contributed by atoms with E-state index < -0.39 is 6.10 Å². The third kappa shape index (κ3) is 5.64. The summed E-state index contributed by atoms with van der Waals surface area (Å²) in [5, 5.41) is 10.5. The SMILES string of the molecule is Cc1ccc(CN2CCN(C[C@@H](O)[C@@H](N)Cc3ccccc3)CC2)cc1. The van der Waals surface area contributed by atoms with E-state index in [9.17, 15) is 5.11 Å². The summed E-state index contributed by atoms with van der Waals surface area (Å²) < 4.78 is 0. The van der Waals surface area contributed by atoms with Crippen molar-refractivity contribution in [2.75, 3.05) is 32.7 Å². The van der Waals surface area contributed by atoms with Gasteiger partial charge in [0.2, 0.25) is 0 Å². The van der Waals surface area contributed by atoms with Crippen molar-refractivity contribution in [1.82, 2.24) is 9.80 Å². The van der Waals surface area contributed by atoms with E-state index in [4.69, 9.17) is 5.73 Å². The number of piperazine rings is 1. The highest BCUT2D eigenvalue weighted by Crippen LogP contribution is 2.11. The molecule has 4 heteroatoms. The van der Waals surface area contributed by atoms with E-state index >= 15 is 0 Å². The van der Waals surface area contributed by atoms with Crippen molar-refractivity contribution in [3.8, 4) is 0 Å². The third-order valence-corrected chi connectivity index (χ3v) is 5.25. The van der Waals surface area contributed by atoms with E-state index in [1.165, 1.54) is 16.7 Å². The molecule has 0 aromatic heterocycles. The average Bonchev–Trinajstić information content (AvgIpc) is 2.66. The van der Waals surface area contributed by atoms with Gasteiger partial charge in [0.1, 0.15) is 0 Å². The number of nitrogens with zero attached hydrogens (tertiary/aromatic N) is 2. The van der Waals surface area contributed by atoms with E-state index in [2.05, 4.69) is 53.1 Å². The molecule has 1 aliphatic rings. The summed E-state index contributed by atoms with van der Waals surface area (Å²) in [6.07, 6.45) is 0.230. The zero-order valence-electron chi connectivity index (χ0n) is 15.7. The number of aryl methyl sites for hydroxylation is 1. The number of aliphatic hydroxyl groups excluding tert-OH is 1. The molecule has 2 aromatic rings. The summed E-state index contributed by atoms with van der Waals surface area (Å²) in [7, 11) is 0. The van der Waals surface area contributed by atoms with Gasteiger partial charge in [0, 0.05) is 45.3 Å². The lowest BCUT2D eigenvalue weighted by Crippen LogP contribution is -2.51. The van der Waals surface area contributed by atoms with Gasteiger partial charge in [-0.3, -0.25) is 9.80 Å². The molecule has 2 atom stereocenters. The number of benzene rings is 2.